The molecular formula is C9H21NO2. The third-order valence-corrected chi connectivity index (χ3v) is 1.39. The van der Waals surface area contributed by atoms with Crippen LogP contribution in [0, 0.1) is 0 Å². The highest BCUT2D eigenvalue weighted by atomic mass is 16.8. The maximum atomic E-state index is 5.45. The number of ether oxygens (including phenoxy) is 1. The van der Waals surface area contributed by atoms with Crippen molar-refractivity contribution in [2.24, 2.45) is 0 Å². The predicted octanol–water partition coefficient (Wildman–Crippen LogP) is 2.08. The fourth-order valence-electron chi connectivity index (χ4n) is 0.838. The van der Waals surface area contributed by atoms with E-state index in [1.807, 2.05) is 6.92 Å². The van der Waals surface area contributed by atoms with Crippen molar-refractivity contribution in [3.63, 3.8) is 0 Å². The Bertz CT molecular complexity index is 80.6. The molecule has 1 atom stereocenters. The molecular weight excluding hydrogens is 154 g/mol. The highest BCUT2D eigenvalue weighted by molar-refractivity contribution is 4.41. The molecule has 0 aromatic heterocycles. The Hall–Kier alpha value is -0.120. The van der Waals surface area contributed by atoms with Crippen LogP contribution in [0.25, 0.3) is 0 Å². The summed E-state index contributed by atoms with van der Waals surface area (Å²) in [6.45, 7) is 7.81. The van der Waals surface area contributed by atoms with E-state index in [9.17, 15) is 0 Å². The van der Waals surface area contributed by atoms with Gasteiger partial charge in [-0.3, -0.25) is 4.84 Å². The van der Waals surface area contributed by atoms with Crippen molar-refractivity contribution in [3.05, 3.63) is 0 Å². The first kappa shape index (κ1) is 11.9. The van der Waals surface area contributed by atoms with Crippen molar-refractivity contribution in [2.45, 2.75) is 46.3 Å². The van der Waals surface area contributed by atoms with Crippen LogP contribution in [0.15, 0.2) is 0 Å². The van der Waals surface area contributed by atoms with Crippen LogP contribution in [0.5, 0.6) is 0 Å². The molecule has 74 valence electrons. The van der Waals surface area contributed by atoms with Crippen molar-refractivity contribution in [2.75, 3.05) is 13.2 Å². The molecule has 0 aromatic rings. The smallest absolute Gasteiger partial charge is 0.177 e. The molecule has 0 aliphatic heterocycles. The van der Waals surface area contributed by atoms with E-state index in [0.717, 1.165) is 32.4 Å². The maximum absolute atomic E-state index is 5.45. The summed E-state index contributed by atoms with van der Waals surface area (Å²) in [5.74, 6) is 0. The fourth-order valence-corrected chi connectivity index (χ4v) is 0.838. The first-order valence-electron chi connectivity index (χ1n) is 4.85. The molecule has 0 aromatic carbocycles. The molecule has 0 aliphatic rings. The third kappa shape index (κ3) is 6.58. The lowest BCUT2D eigenvalue weighted by Gasteiger charge is -2.16. The maximum Gasteiger partial charge on any atom is 0.177 e. The number of nitrogens with one attached hydrogen (secondary N) is 1. The third-order valence-electron chi connectivity index (χ3n) is 1.39. The standard InChI is InChI=1S/C9H21NO2/c1-4-7-9(11-8-5-2)12-10-6-3/h9-10H,4-8H2,1-3H3. The van der Waals surface area contributed by atoms with Crippen LogP contribution in [0.3, 0.4) is 0 Å². The number of hydrogen-bond donors (Lipinski definition) is 1. The van der Waals surface area contributed by atoms with Crippen LogP contribution in [0.4, 0.5) is 0 Å². The normalized spacial score (nSPS) is 13.2. The minimum atomic E-state index is -0.0742. The second-order valence-corrected chi connectivity index (χ2v) is 2.70. The molecule has 0 spiro atoms. The molecule has 3 heteroatoms. The van der Waals surface area contributed by atoms with Crippen molar-refractivity contribution >= 4 is 0 Å². The van der Waals surface area contributed by atoms with Crippen LogP contribution in [-0.4, -0.2) is 19.4 Å². The molecule has 0 fully saturated rings. The molecule has 1 N–H and O–H groups in total. The summed E-state index contributed by atoms with van der Waals surface area (Å²) in [7, 11) is 0. The Labute approximate surface area is 75.4 Å². The summed E-state index contributed by atoms with van der Waals surface area (Å²) in [4.78, 5) is 5.26. The monoisotopic (exact) mass is 175 g/mol. The van der Waals surface area contributed by atoms with E-state index in [4.69, 9.17) is 9.57 Å². The van der Waals surface area contributed by atoms with E-state index < -0.39 is 0 Å². The van der Waals surface area contributed by atoms with Crippen LogP contribution >= 0.6 is 0 Å². The Morgan fingerprint density at radius 1 is 1.17 bits per heavy atom. The van der Waals surface area contributed by atoms with Gasteiger partial charge in [0.05, 0.1) is 0 Å². The zero-order valence-electron chi connectivity index (χ0n) is 8.43. The van der Waals surface area contributed by atoms with E-state index in [1.54, 1.807) is 0 Å². The highest BCUT2D eigenvalue weighted by Gasteiger charge is 2.06. The average Bonchev–Trinajstić information content (AvgIpc) is 2.10. The minimum Gasteiger partial charge on any atom is -0.351 e. The largest absolute Gasteiger partial charge is 0.351 e. The summed E-state index contributed by atoms with van der Waals surface area (Å²) in [5.41, 5.74) is 2.82. The van der Waals surface area contributed by atoms with Gasteiger partial charge in [-0.2, -0.15) is 5.48 Å². The molecule has 1 unspecified atom stereocenters. The SMILES string of the molecule is CCCOC(CCC)ONCC. The Balaban J connectivity index is 3.40. The summed E-state index contributed by atoms with van der Waals surface area (Å²) >= 11 is 0. The van der Waals surface area contributed by atoms with Gasteiger partial charge >= 0.3 is 0 Å². The average molecular weight is 175 g/mol. The molecule has 0 bridgehead atoms. The summed E-state index contributed by atoms with van der Waals surface area (Å²) in [6.07, 6.45) is 3.00. The van der Waals surface area contributed by atoms with Gasteiger partial charge < -0.3 is 4.74 Å². The van der Waals surface area contributed by atoms with Crippen LogP contribution in [0.2, 0.25) is 0 Å². The predicted molar refractivity (Wildman–Crippen MR) is 49.7 cm³/mol. The Kier molecular flexibility index (Phi) is 8.88. The summed E-state index contributed by atoms with van der Waals surface area (Å²) in [6, 6.07) is 0. The van der Waals surface area contributed by atoms with Gasteiger partial charge in [-0.1, -0.05) is 27.2 Å². The first-order chi connectivity index (χ1) is 5.85. The van der Waals surface area contributed by atoms with Gasteiger partial charge in [0.15, 0.2) is 6.29 Å². The van der Waals surface area contributed by atoms with Crippen molar-refractivity contribution < 1.29 is 9.57 Å². The number of rotatable bonds is 8. The van der Waals surface area contributed by atoms with Crippen molar-refractivity contribution in [3.8, 4) is 0 Å². The lowest BCUT2D eigenvalue weighted by Crippen LogP contribution is -2.26. The Morgan fingerprint density at radius 3 is 2.42 bits per heavy atom. The molecule has 0 saturated heterocycles. The van der Waals surface area contributed by atoms with Gasteiger partial charge in [0.2, 0.25) is 0 Å². The molecule has 3 nitrogen and oxygen atoms in total. The van der Waals surface area contributed by atoms with Crippen LogP contribution in [0.1, 0.15) is 40.0 Å². The van der Waals surface area contributed by atoms with Gasteiger partial charge in [0, 0.05) is 13.2 Å². The van der Waals surface area contributed by atoms with E-state index >= 15 is 0 Å². The molecule has 0 heterocycles. The van der Waals surface area contributed by atoms with E-state index in [2.05, 4.69) is 19.3 Å². The summed E-state index contributed by atoms with van der Waals surface area (Å²) < 4.78 is 5.45. The van der Waals surface area contributed by atoms with Crippen LogP contribution in [-0.2, 0) is 9.57 Å². The van der Waals surface area contributed by atoms with Gasteiger partial charge in [0.25, 0.3) is 0 Å². The molecule has 0 rings (SSSR count). The van der Waals surface area contributed by atoms with Crippen molar-refractivity contribution in [1.29, 1.82) is 0 Å². The van der Waals surface area contributed by atoms with E-state index in [-0.39, 0.29) is 6.29 Å². The van der Waals surface area contributed by atoms with E-state index in [0.29, 0.717) is 0 Å². The van der Waals surface area contributed by atoms with Crippen LogP contribution < -0.4 is 5.48 Å². The van der Waals surface area contributed by atoms with Crippen molar-refractivity contribution in [1.82, 2.24) is 5.48 Å². The lowest BCUT2D eigenvalue weighted by molar-refractivity contribution is -0.182. The zero-order valence-corrected chi connectivity index (χ0v) is 8.43. The Morgan fingerprint density at radius 2 is 1.92 bits per heavy atom. The topological polar surface area (TPSA) is 30.5 Å². The lowest BCUT2D eigenvalue weighted by atomic mass is 10.3. The molecule has 0 radical (unpaired) electrons. The van der Waals surface area contributed by atoms with Gasteiger partial charge in [0.1, 0.15) is 0 Å². The van der Waals surface area contributed by atoms with Gasteiger partial charge in [-0.25, -0.2) is 0 Å². The minimum absolute atomic E-state index is 0.0742. The molecule has 0 amide bonds. The highest BCUT2D eigenvalue weighted by Crippen LogP contribution is 2.02. The molecule has 0 aliphatic carbocycles. The number of hydroxylamine groups is 1. The van der Waals surface area contributed by atoms with E-state index in [1.165, 1.54) is 0 Å². The van der Waals surface area contributed by atoms with Gasteiger partial charge in [-0.15, -0.1) is 0 Å². The molecule has 12 heavy (non-hydrogen) atoms. The van der Waals surface area contributed by atoms with Gasteiger partial charge in [-0.05, 0) is 12.8 Å². The first-order valence-corrected chi connectivity index (χ1v) is 4.85. The second-order valence-electron chi connectivity index (χ2n) is 2.70. The second kappa shape index (κ2) is 8.97. The fraction of sp³-hybridized carbons (Fsp3) is 1.00. The zero-order chi connectivity index (χ0) is 9.23. The molecule has 0 saturated carbocycles. The quantitative estimate of drug-likeness (QED) is 0.452. The number of hydrogen-bond acceptors (Lipinski definition) is 3. The summed E-state index contributed by atoms with van der Waals surface area (Å²) in [5, 5.41) is 0.